The standard InChI is InChI=1S/C56H88N2/c1-6-11-16-18-20-22-24-28-36-48(34-26-13-8-3)43-45-50-39-30-32-41-53(50)55-47-52(38-15-10-5)56(58(55)57)54-42-33-31-40-51(54)46-44-49(35-27-14-9-4)37-29-25-23-21-19-17-12-7-2/h24-25,28-33,39-42,47-49H,6-23,26-27,34-38,43-46H2,1-5H3. The molecule has 0 radical (unpaired) electrons. The third-order valence-electron chi connectivity index (χ3n) is 12.7. The van der Waals surface area contributed by atoms with E-state index < -0.39 is 0 Å². The number of aryl methyl sites for hydroxylation is 2. The predicted octanol–water partition coefficient (Wildman–Crippen LogP) is 18.5. The van der Waals surface area contributed by atoms with Gasteiger partial charge in [0.15, 0.2) is 0 Å². The number of benzene rings is 2. The minimum Gasteiger partial charge on any atom is -0.493 e. The van der Waals surface area contributed by atoms with Crippen LogP contribution in [0.4, 0.5) is 0 Å². The molecule has 2 atom stereocenters. The lowest BCUT2D eigenvalue weighted by atomic mass is 9.89. The van der Waals surface area contributed by atoms with Crippen molar-refractivity contribution in [2.45, 2.75) is 221 Å². The summed E-state index contributed by atoms with van der Waals surface area (Å²) in [6.45, 7) is 11.5. The van der Waals surface area contributed by atoms with E-state index in [9.17, 15) is 5.53 Å². The van der Waals surface area contributed by atoms with Crippen molar-refractivity contribution in [3.8, 4) is 0 Å². The van der Waals surface area contributed by atoms with Crippen molar-refractivity contribution >= 4 is 11.4 Å². The van der Waals surface area contributed by atoms with Crippen molar-refractivity contribution < 1.29 is 4.70 Å². The Morgan fingerprint density at radius 1 is 0.466 bits per heavy atom. The fourth-order valence-electron chi connectivity index (χ4n) is 8.94. The van der Waals surface area contributed by atoms with Gasteiger partial charge < -0.3 is 5.53 Å². The molecule has 0 N–H and O–H groups in total. The quantitative estimate of drug-likeness (QED) is 0.0378. The average Bonchev–Trinajstić information content (AvgIpc) is 3.57. The smallest absolute Gasteiger partial charge is 0.211 e. The molecule has 0 saturated carbocycles. The van der Waals surface area contributed by atoms with E-state index in [1.807, 2.05) is 0 Å². The molecule has 0 fully saturated rings. The summed E-state index contributed by atoms with van der Waals surface area (Å²) in [5.74, 6) is 1.41. The van der Waals surface area contributed by atoms with Gasteiger partial charge >= 0.3 is 0 Å². The summed E-state index contributed by atoms with van der Waals surface area (Å²) in [6, 6.07) is 17.9. The van der Waals surface area contributed by atoms with Crippen LogP contribution in [0.1, 0.15) is 230 Å². The Bertz CT molecular complexity index is 1500. The Balaban J connectivity index is 1.76. The Morgan fingerprint density at radius 2 is 0.914 bits per heavy atom. The largest absolute Gasteiger partial charge is 0.493 e. The van der Waals surface area contributed by atoms with Crippen molar-refractivity contribution in [2.24, 2.45) is 11.8 Å². The van der Waals surface area contributed by atoms with E-state index in [-0.39, 0.29) is 0 Å². The van der Waals surface area contributed by atoms with Gasteiger partial charge in [0.2, 0.25) is 11.4 Å². The van der Waals surface area contributed by atoms with Gasteiger partial charge in [0.05, 0.1) is 0 Å². The molecular formula is C56H88N2. The lowest BCUT2D eigenvalue weighted by Gasteiger charge is -2.18. The fourth-order valence-corrected chi connectivity index (χ4v) is 8.94. The van der Waals surface area contributed by atoms with Gasteiger partial charge in [0.25, 0.3) is 0 Å². The molecular weight excluding hydrogens is 701 g/mol. The van der Waals surface area contributed by atoms with E-state index in [0.29, 0.717) is 11.8 Å². The van der Waals surface area contributed by atoms with Gasteiger partial charge in [-0.3, -0.25) is 0 Å². The van der Waals surface area contributed by atoms with Crippen LogP contribution in [0.15, 0.2) is 84.5 Å². The second-order valence-electron chi connectivity index (χ2n) is 17.8. The van der Waals surface area contributed by atoms with E-state index >= 15 is 0 Å². The zero-order valence-corrected chi connectivity index (χ0v) is 38.6. The van der Waals surface area contributed by atoms with Crippen LogP contribution in [-0.2, 0) is 12.8 Å². The Kier molecular flexibility index (Phi) is 27.1. The highest BCUT2D eigenvalue weighted by Gasteiger charge is 2.31. The number of nitrogens with zero attached hydrogens (tertiary/aromatic N) is 2. The third-order valence-corrected chi connectivity index (χ3v) is 12.7. The van der Waals surface area contributed by atoms with Crippen molar-refractivity contribution in [3.63, 3.8) is 0 Å². The molecule has 0 aliphatic carbocycles. The van der Waals surface area contributed by atoms with Crippen molar-refractivity contribution in [3.05, 3.63) is 112 Å². The highest BCUT2D eigenvalue weighted by atomic mass is 15.2. The number of unbranched alkanes of at least 4 members (excludes halogenated alkanes) is 15. The molecule has 0 saturated heterocycles. The van der Waals surface area contributed by atoms with E-state index in [4.69, 9.17) is 0 Å². The van der Waals surface area contributed by atoms with E-state index in [2.05, 4.69) is 114 Å². The molecule has 1 aliphatic rings. The maximum Gasteiger partial charge on any atom is 0.211 e. The molecule has 2 aromatic carbocycles. The van der Waals surface area contributed by atoms with Crippen LogP contribution < -0.4 is 0 Å². The van der Waals surface area contributed by atoms with E-state index in [1.165, 1.54) is 182 Å². The zero-order chi connectivity index (χ0) is 41.5. The summed E-state index contributed by atoms with van der Waals surface area (Å²) in [5, 5.41) is 0. The summed E-state index contributed by atoms with van der Waals surface area (Å²) in [4.78, 5) is 0. The van der Waals surface area contributed by atoms with Crippen LogP contribution >= 0.6 is 0 Å². The molecule has 1 heterocycles. The second kappa shape index (κ2) is 31.9. The summed E-state index contributed by atoms with van der Waals surface area (Å²) in [5.41, 5.74) is 20.7. The summed E-state index contributed by atoms with van der Waals surface area (Å²) >= 11 is 0. The van der Waals surface area contributed by atoms with Gasteiger partial charge in [-0.1, -0.05) is 204 Å². The SMILES string of the molecule is CCCCCCCC=CCC(CCCCC)CCc1ccccc1C1=CC(CCCC)=C(c2ccccc2CCC(CC=CCCCCCCC)CCCCC)[N+]1=[N-]. The van der Waals surface area contributed by atoms with Crippen LogP contribution in [0.5, 0.6) is 0 Å². The van der Waals surface area contributed by atoms with Crippen LogP contribution in [-0.4, -0.2) is 4.70 Å². The van der Waals surface area contributed by atoms with Crippen LogP contribution in [0, 0.1) is 11.8 Å². The van der Waals surface area contributed by atoms with Crippen LogP contribution in [0.3, 0.4) is 0 Å². The highest BCUT2D eigenvalue weighted by molar-refractivity contribution is 5.80. The molecule has 2 nitrogen and oxygen atoms in total. The van der Waals surface area contributed by atoms with Crippen molar-refractivity contribution in [1.82, 2.24) is 0 Å². The Hall–Kier alpha value is -3.00. The predicted molar refractivity (Wildman–Crippen MR) is 257 cm³/mol. The topological polar surface area (TPSA) is 25.3 Å². The number of hydrogen-bond acceptors (Lipinski definition) is 0. The van der Waals surface area contributed by atoms with Gasteiger partial charge in [-0.05, 0) is 112 Å². The lowest BCUT2D eigenvalue weighted by Crippen LogP contribution is -2.08. The van der Waals surface area contributed by atoms with Crippen LogP contribution in [0.25, 0.3) is 16.9 Å². The Labute approximate surface area is 359 Å². The van der Waals surface area contributed by atoms with Gasteiger partial charge in [-0.2, -0.15) is 0 Å². The third kappa shape index (κ3) is 18.9. The molecule has 2 heteroatoms. The van der Waals surface area contributed by atoms with Crippen molar-refractivity contribution in [2.75, 3.05) is 0 Å². The second-order valence-corrected chi connectivity index (χ2v) is 17.8. The minimum absolute atomic E-state index is 0.704. The average molecular weight is 789 g/mol. The Morgan fingerprint density at radius 3 is 1.43 bits per heavy atom. The molecule has 0 aromatic heterocycles. The molecule has 2 aromatic rings. The number of rotatable bonds is 35. The van der Waals surface area contributed by atoms with Gasteiger partial charge in [0.1, 0.15) is 0 Å². The molecule has 322 valence electrons. The normalized spacial score (nSPS) is 14.4. The van der Waals surface area contributed by atoms with Gasteiger partial charge in [0, 0.05) is 22.8 Å². The molecule has 0 bridgehead atoms. The summed E-state index contributed by atoms with van der Waals surface area (Å²) < 4.78 is 1.58. The molecule has 1 aliphatic heterocycles. The first-order valence-electron chi connectivity index (χ1n) is 25.0. The molecule has 0 spiro atoms. The molecule has 3 rings (SSSR count). The first-order valence-corrected chi connectivity index (χ1v) is 25.0. The van der Waals surface area contributed by atoms with Crippen LogP contribution in [0.2, 0.25) is 0 Å². The van der Waals surface area contributed by atoms with E-state index in [0.717, 1.165) is 43.5 Å². The van der Waals surface area contributed by atoms with E-state index in [1.54, 1.807) is 4.70 Å². The fraction of sp³-hybridized carbons (Fsp3) is 0.643. The summed E-state index contributed by atoms with van der Waals surface area (Å²) in [6.07, 6.45) is 48.8. The van der Waals surface area contributed by atoms with Gasteiger partial charge in [-0.15, -0.1) is 0 Å². The molecule has 2 unspecified atom stereocenters. The highest BCUT2D eigenvalue weighted by Crippen LogP contribution is 2.40. The number of hydrogen-bond donors (Lipinski definition) is 0. The molecule has 0 amide bonds. The monoisotopic (exact) mass is 789 g/mol. The zero-order valence-electron chi connectivity index (χ0n) is 38.6. The number of allylic oxidation sites excluding steroid dienone is 6. The first-order chi connectivity index (χ1) is 28.6. The van der Waals surface area contributed by atoms with Crippen molar-refractivity contribution in [1.29, 1.82) is 0 Å². The maximum atomic E-state index is 12.3. The maximum absolute atomic E-state index is 12.3. The first kappa shape index (κ1) is 49.4. The minimum atomic E-state index is 0.704. The van der Waals surface area contributed by atoms with Gasteiger partial charge in [-0.25, -0.2) is 4.70 Å². The molecule has 58 heavy (non-hydrogen) atoms. The lowest BCUT2D eigenvalue weighted by molar-refractivity contribution is -0.344. The summed E-state index contributed by atoms with van der Waals surface area (Å²) in [7, 11) is 0.